The Hall–Kier alpha value is -5.81. The van der Waals surface area contributed by atoms with Crippen molar-refractivity contribution in [1.29, 1.82) is 0 Å². The van der Waals surface area contributed by atoms with Gasteiger partial charge in [-0.25, -0.2) is 4.79 Å². The number of cyclic esters (lactones) is 1. The van der Waals surface area contributed by atoms with Crippen molar-refractivity contribution in [2.75, 3.05) is 13.7 Å². The first-order valence-corrected chi connectivity index (χ1v) is 16.8. The van der Waals surface area contributed by atoms with Crippen molar-refractivity contribution in [2.24, 2.45) is 0 Å². The molecule has 0 saturated carbocycles. The van der Waals surface area contributed by atoms with Crippen LogP contribution in [0.25, 0.3) is 49.3 Å². The molecule has 0 aliphatic carbocycles. The number of rotatable bonds is 5. The number of esters is 1. The molecule has 0 spiro atoms. The van der Waals surface area contributed by atoms with Crippen LogP contribution in [0, 0.1) is 13.8 Å². The number of aromatic nitrogens is 1. The summed E-state index contributed by atoms with van der Waals surface area (Å²) in [6, 6.07) is 38.1. The van der Waals surface area contributed by atoms with Gasteiger partial charge in [0.25, 0.3) is 0 Å². The minimum absolute atomic E-state index is 0.178. The molecule has 5 nitrogen and oxygen atoms in total. The Morgan fingerprint density at radius 3 is 2.33 bits per heavy atom. The number of para-hydroxylation sites is 1. The van der Waals surface area contributed by atoms with E-state index in [4.69, 9.17) is 14.2 Å². The molecule has 7 aromatic rings. The number of carbonyl (C=O) groups is 1. The van der Waals surface area contributed by atoms with E-state index < -0.39 is 5.60 Å². The summed E-state index contributed by atoms with van der Waals surface area (Å²) in [5.41, 5.74) is 10.2. The first-order valence-electron chi connectivity index (χ1n) is 16.8. The molecular formula is C44H35NO4. The first kappa shape index (κ1) is 29.3. The highest BCUT2D eigenvalue weighted by Gasteiger charge is 2.44. The van der Waals surface area contributed by atoms with Crippen molar-refractivity contribution in [3.05, 3.63) is 149 Å². The van der Waals surface area contributed by atoms with Gasteiger partial charge in [-0.15, -0.1) is 0 Å². The van der Waals surface area contributed by atoms with Crippen LogP contribution in [-0.2, 0) is 16.9 Å². The van der Waals surface area contributed by atoms with Crippen LogP contribution in [0.15, 0.2) is 115 Å². The lowest BCUT2D eigenvalue weighted by atomic mass is 9.77. The molecule has 1 unspecified atom stereocenters. The van der Waals surface area contributed by atoms with Crippen LogP contribution in [0.4, 0.5) is 0 Å². The third kappa shape index (κ3) is 4.28. The second-order valence-electron chi connectivity index (χ2n) is 13.2. The maximum absolute atomic E-state index is 13.4. The summed E-state index contributed by atoms with van der Waals surface area (Å²) in [4.78, 5) is 13.4. The zero-order chi connectivity index (χ0) is 33.4. The maximum Gasteiger partial charge on any atom is 0.339 e. The molecule has 0 bridgehead atoms. The number of nitrogens with zero attached hydrogens (tertiary/aromatic N) is 1. The minimum Gasteiger partial charge on any atom is -0.497 e. The Bertz CT molecular complexity index is 2520. The lowest BCUT2D eigenvalue weighted by Crippen LogP contribution is -2.38. The van der Waals surface area contributed by atoms with E-state index in [1.54, 1.807) is 7.11 Å². The fourth-order valence-corrected chi connectivity index (χ4v) is 8.02. The summed E-state index contributed by atoms with van der Waals surface area (Å²) in [6.07, 6.45) is 2.19. The van der Waals surface area contributed by atoms with Crippen LogP contribution in [0.5, 0.6) is 11.5 Å². The van der Waals surface area contributed by atoms with Crippen molar-refractivity contribution in [3.63, 3.8) is 0 Å². The monoisotopic (exact) mass is 641 g/mol. The summed E-state index contributed by atoms with van der Waals surface area (Å²) in [6.45, 7) is 7.45. The number of benzene rings is 6. The molecule has 2 aliphatic heterocycles. The van der Waals surface area contributed by atoms with Crippen LogP contribution < -0.4 is 9.47 Å². The van der Waals surface area contributed by atoms with Crippen molar-refractivity contribution < 1.29 is 19.0 Å². The Balaban J connectivity index is 1.36. The molecule has 0 N–H and O–H groups in total. The van der Waals surface area contributed by atoms with Gasteiger partial charge in [-0.1, -0.05) is 84.4 Å². The molecule has 240 valence electrons. The standard InChI is InChI=1S/C44H35NO4/c1-5-45-37-9-7-6-8-34(37)41-38(45)21-16-30-23-35-39-31(25-48-43(35)46)24-44(49-42(39)40(30)41,36-22-26(2)10-11-27(36)3)32-17-12-28(13-18-32)29-14-19-33(47-4)20-15-29/h6-24H,5,25H2,1-4H3. The number of ether oxygens (including phenoxy) is 3. The number of fused-ring (bicyclic) bond motifs is 6. The highest BCUT2D eigenvalue weighted by molar-refractivity contribution is 6.24. The molecule has 3 heterocycles. The molecule has 0 saturated heterocycles. The first-order chi connectivity index (χ1) is 23.9. The topological polar surface area (TPSA) is 49.7 Å². The normalized spacial score (nSPS) is 16.7. The van der Waals surface area contributed by atoms with E-state index >= 15 is 0 Å². The van der Waals surface area contributed by atoms with Crippen molar-refractivity contribution in [3.8, 4) is 22.6 Å². The summed E-state index contributed by atoms with van der Waals surface area (Å²) >= 11 is 0. The Labute approximate surface area is 285 Å². The van der Waals surface area contributed by atoms with E-state index in [2.05, 4.69) is 122 Å². The van der Waals surface area contributed by atoms with Crippen LogP contribution in [0.3, 0.4) is 0 Å². The summed E-state index contributed by atoms with van der Waals surface area (Å²) in [5.74, 6) is 1.23. The van der Waals surface area contributed by atoms with E-state index in [0.29, 0.717) is 5.56 Å². The van der Waals surface area contributed by atoms with E-state index in [1.165, 1.54) is 10.9 Å². The number of methoxy groups -OCH3 is 1. The number of carbonyl (C=O) groups excluding carboxylic acids is 1. The predicted octanol–water partition coefficient (Wildman–Crippen LogP) is 10.2. The lowest BCUT2D eigenvalue weighted by molar-refractivity contribution is 0.0534. The molecule has 5 heteroatoms. The predicted molar refractivity (Wildman–Crippen MR) is 197 cm³/mol. The number of aryl methyl sites for hydroxylation is 3. The quantitative estimate of drug-likeness (QED) is 0.176. The Morgan fingerprint density at radius 2 is 1.57 bits per heavy atom. The summed E-state index contributed by atoms with van der Waals surface area (Å²) in [7, 11) is 1.68. The molecule has 0 radical (unpaired) electrons. The average Bonchev–Trinajstić information content (AvgIpc) is 3.47. The SMILES string of the molecule is CCn1c2ccccc2c2c3c4c5c(cc3ccc21)C(=O)OCC5=CC(c1ccc(-c2ccc(OC)cc2)cc1)(c1cc(C)ccc1C)O4. The van der Waals surface area contributed by atoms with Crippen LogP contribution in [0.1, 0.15) is 45.1 Å². The summed E-state index contributed by atoms with van der Waals surface area (Å²) < 4.78 is 21.2. The fraction of sp³-hybridized carbons (Fsp3) is 0.159. The van der Waals surface area contributed by atoms with E-state index in [1.807, 2.05) is 18.2 Å². The lowest BCUT2D eigenvalue weighted by Gasteiger charge is -2.41. The zero-order valence-corrected chi connectivity index (χ0v) is 28.0. The van der Waals surface area contributed by atoms with Gasteiger partial charge in [0.1, 0.15) is 18.1 Å². The average molecular weight is 642 g/mol. The van der Waals surface area contributed by atoms with Gasteiger partial charge in [0.05, 0.1) is 12.7 Å². The largest absolute Gasteiger partial charge is 0.497 e. The summed E-state index contributed by atoms with van der Waals surface area (Å²) in [5, 5.41) is 4.27. The van der Waals surface area contributed by atoms with Crippen LogP contribution in [-0.4, -0.2) is 24.3 Å². The van der Waals surface area contributed by atoms with Crippen LogP contribution >= 0.6 is 0 Å². The molecule has 1 aromatic heterocycles. The fourth-order valence-electron chi connectivity index (χ4n) is 8.02. The second-order valence-corrected chi connectivity index (χ2v) is 13.2. The number of hydrogen-bond donors (Lipinski definition) is 0. The van der Waals surface area contributed by atoms with Gasteiger partial charge < -0.3 is 18.8 Å². The van der Waals surface area contributed by atoms with Gasteiger partial charge in [0.15, 0.2) is 5.60 Å². The molecule has 0 amide bonds. The van der Waals surface area contributed by atoms with Crippen LogP contribution in [0.2, 0.25) is 0 Å². The van der Waals surface area contributed by atoms with Gasteiger partial charge in [-0.3, -0.25) is 0 Å². The third-order valence-corrected chi connectivity index (χ3v) is 10.4. The zero-order valence-electron chi connectivity index (χ0n) is 28.0. The van der Waals surface area contributed by atoms with E-state index in [-0.39, 0.29) is 12.6 Å². The van der Waals surface area contributed by atoms with Crippen molar-refractivity contribution >= 4 is 44.1 Å². The van der Waals surface area contributed by atoms with Crippen molar-refractivity contribution in [1.82, 2.24) is 4.57 Å². The van der Waals surface area contributed by atoms with Gasteiger partial charge in [-0.2, -0.15) is 0 Å². The second kappa shape index (κ2) is 10.9. The molecule has 1 atom stereocenters. The molecular weight excluding hydrogens is 606 g/mol. The molecule has 9 rings (SSSR count). The minimum atomic E-state index is -0.989. The molecule has 2 aliphatic rings. The molecule has 0 fully saturated rings. The van der Waals surface area contributed by atoms with Gasteiger partial charge in [0.2, 0.25) is 0 Å². The molecule has 49 heavy (non-hydrogen) atoms. The Kier molecular flexibility index (Phi) is 6.50. The van der Waals surface area contributed by atoms with Gasteiger partial charge in [-0.05, 0) is 79.3 Å². The van der Waals surface area contributed by atoms with E-state index in [9.17, 15) is 4.79 Å². The highest BCUT2D eigenvalue weighted by Crippen LogP contribution is 2.53. The van der Waals surface area contributed by atoms with E-state index in [0.717, 1.165) is 84.2 Å². The Morgan fingerprint density at radius 1 is 0.816 bits per heavy atom. The highest BCUT2D eigenvalue weighted by atomic mass is 16.5. The molecule has 6 aromatic carbocycles. The van der Waals surface area contributed by atoms with Crippen molar-refractivity contribution in [2.45, 2.75) is 32.9 Å². The van der Waals surface area contributed by atoms with Gasteiger partial charge in [0, 0.05) is 56.0 Å². The van der Waals surface area contributed by atoms with Gasteiger partial charge >= 0.3 is 5.97 Å². The smallest absolute Gasteiger partial charge is 0.339 e. The third-order valence-electron chi connectivity index (χ3n) is 10.4. The maximum atomic E-state index is 13.4. The number of hydrogen-bond acceptors (Lipinski definition) is 4.